The van der Waals surface area contributed by atoms with E-state index in [9.17, 15) is 14.7 Å². The molecule has 2 atom stereocenters. The summed E-state index contributed by atoms with van der Waals surface area (Å²) in [5.74, 6) is -0.108. The SMILES string of the molecule is CC(C)c1ccc2c(c1)CN([C@H]1CCC(=O)NC1=O)C2O. The average Bonchev–Trinajstić information content (AvgIpc) is 2.75. The molecule has 0 spiro atoms. The number of carbonyl (C=O) groups excluding carboxylic acids is 2. The Morgan fingerprint density at radius 3 is 2.76 bits per heavy atom. The molecule has 2 heterocycles. The van der Waals surface area contributed by atoms with Gasteiger partial charge in [-0.15, -0.1) is 0 Å². The zero-order valence-corrected chi connectivity index (χ0v) is 12.3. The molecule has 1 saturated heterocycles. The molecule has 0 saturated carbocycles. The summed E-state index contributed by atoms with van der Waals surface area (Å²) in [6.07, 6.45) is 0.0186. The van der Waals surface area contributed by atoms with E-state index in [1.807, 2.05) is 12.1 Å². The summed E-state index contributed by atoms with van der Waals surface area (Å²) in [5.41, 5.74) is 3.16. The van der Waals surface area contributed by atoms with Gasteiger partial charge in [-0.1, -0.05) is 32.0 Å². The molecule has 112 valence electrons. The van der Waals surface area contributed by atoms with Crippen LogP contribution in [0.5, 0.6) is 0 Å². The van der Waals surface area contributed by atoms with Gasteiger partial charge < -0.3 is 5.11 Å². The first kappa shape index (κ1) is 14.2. The van der Waals surface area contributed by atoms with Gasteiger partial charge in [0, 0.05) is 13.0 Å². The molecule has 0 aromatic heterocycles. The lowest BCUT2D eigenvalue weighted by atomic mass is 9.98. The first-order valence-corrected chi connectivity index (χ1v) is 7.37. The molecular weight excluding hydrogens is 268 g/mol. The van der Waals surface area contributed by atoms with Crippen LogP contribution in [0.1, 0.15) is 55.5 Å². The summed E-state index contributed by atoms with van der Waals surface area (Å²) in [5, 5.41) is 12.8. The van der Waals surface area contributed by atoms with Gasteiger partial charge in [-0.2, -0.15) is 0 Å². The standard InChI is InChI=1S/C16H20N2O3/c1-9(2)10-3-4-12-11(7-10)8-18(16(12)21)13-5-6-14(19)17-15(13)20/h3-4,7,9,13,16,21H,5-6,8H2,1-2H3,(H,17,19,20)/t13-,16?/m0/s1. The fourth-order valence-electron chi connectivity index (χ4n) is 3.11. The third-order valence-corrected chi connectivity index (χ3v) is 4.39. The van der Waals surface area contributed by atoms with E-state index in [-0.39, 0.29) is 11.8 Å². The van der Waals surface area contributed by atoms with Crippen LogP contribution in [-0.4, -0.2) is 27.9 Å². The number of fused-ring (bicyclic) bond motifs is 1. The second kappa shape index (κ2) is 5.24. The van der Waals surface area contributed by atoms with Crippen molar-refractivity contribution in [1.29, 1.82) is 0 Å². The number of hydrogen-bond acceptors (Lipinski definition) is 4. The Kier molecular flexibility index (Phi) is 3.55. The fraction of sp³-hybridized carbons (Fsp3) is 0.500. The number of nitrogens with zero attached hydrogens (tertiary/aromatic N) is 1. The number of aliphatic hydroxyl groups is 1. The molecule has 1 aromatic carbocycles. The normalized spacial score (nSPS) is 26.1. The summed E-state index contributed by atoms with van der Waals surface area (Å²) < 4.78 is 0. The lowest BCUT2D eigenvalue weighted by Gasteiger charge is -2.31. The van der Waals surface area contributed by atoms with E-state index < -0.39 is 12.3 Å². The van der Waals surface area contributed by atoms with Crippen molar-refractivity contribution in [3.05, 3.63) is 34.9 Å². The Morgan fingerprint density at radius 2 is 2.10 bits per heavy atom. The van der Waals surface area contributed by atoms with Gasteiger partial charge in [0.05, 0.1) is 6.04 Å². The quantitative estimate of drug-likeness (QED) is 0.808. The molecule has 3 rings (SSSR count). The van der Waals surface area contributed by atoms with Crippen LogP contribution in [0.15, 0.2) is 18.2 Å². The Hall–Kier alpha value is -1.72. The van der Waals surface area contributed by atoms with Crippen LogP contribution in [0.3, 0.4) is 0 Å². The molecule has 21 heavy (non-hydrogen) atoms. The molecule has 0 aliphatic carbocycles. The second-order valence-electron chi connectivity index (χ2n) is 6.13. The maximum absolute atomic E-state index is 12.0. The van der Waals surface area contributed by atoms with Crippen LogP contribution in [0.4, 0.5) is 0 Å². The summed E-state index contributed by atoms with van der Waals surface area (Å²) >= 11 is 0. The van der Waals surface area contributed by atoms with Gasteiger partial charge in [0.1, 0.15) is 6.23 Å². The minimum absolute atomic E-state index is 0.232. The molecule has 2 aliphatic heterocycles. The Bertz CT molecular complexity index is 597. The monoisotopic (exact) mass is 288 g/mol. The number of carbonyl (C=O) groups is 2. The highest BCUT2D eigenvalue weighted by Gasteiger charge is 2.39. The highest BCUT2D eigenvalue weighted by Crippen LogP contribution is 2.36. The fourth-order valence-corrected chi connectivity index (χ4v) is 3.11. The third-order valence-electron chi connectivity index (χ3n) is 4.39. The molecule has 2 N–H and O–H groups in total. The topological polar surface area (TPSA) is 69.6 Å². The van der Waals surface area contributed by atoms with Gasteiger partial charge in [-0.05, 0) is 29.0 Å². The number of nitrogens with one attached hydrogen (secondary N) is 1. The number of piperidine rings is 1. The van der Waals surface area contributed by atoms with Crippen molar-refractivity contribution in [1.82, 2.24) is 10.2 Å². The van der Waals surface area contributed by atoms with Crippen LogP contribution < -0.4 is 5.32 Å². The Balaban J connectivity index is 1.84. The van der Waals surface area contributed by atoms with Crippen molar-refractivity contribution in [2.45, 2.75) is 51.4 Å². The number of rotatable bonds is 2. The summed E-state index contributed by atoms with van der Waals surface area (Å²) in [4.78, 5) is 25.0. The molecule has 0 radical (unpaired) electrons. The van der Waals surface area contributed by atoms with Crippen LogP contribution in [0.2, 0.25) is 0 Å². The van der Waals surface area contributed by atoms with E-state index in [1.165, 1.54) is 5.56 Å². The minimum Gasteiger partial charge on any atom is -0.374 e. The van der Waals surface area contributed by atoms with Gasteiger partial charge in [-0.25, -0.2) is 0 Å². The smallest absolute Gasteiger partial charge is 0.244 e. The molecule has 1 unspecified atom stereocenters. The first-order valence-electron chi connectivity index (χ1n) is 7.37. The lowest BCUT2D eigenvalue weighted by Crippen LogP contribution is -2.51. The zero-order valence-electron chi connectivity index (χ0n) is 12.3. The summed E-state index contributed by atoms with van der Waals surface area (Å²) in [7, 11) is 0. The highest BCUT2D eigenvalue weighted by molar-refractivity contribution is 6.00. The molecule has 2 amide bonds. The molecule has 1 fully saturated rings. The van der Waals surface area contributed by atoms with Gasteiger partial charge in [0.2, 0.25) is 11.8 Å². The first-order chi connectivity index (χ1) is 9.97. The van der Waals surface area contributed by atoms with Crippen LogP contribution in [-0.2, 0) is 16.1 Å². The van der Waals surface area contributed by atoms with Crippen molar-refractivity contribution < 1.29 is 14.7 Å². The number of aliphatic hydroxyl groups excluding tert-OH is 1. The maximum atomic E-state index is 12.0. The zero-order chi connectivity index (χ0) is 15.1. The van der Waals surface area contributed by atoms with Crippen molar-refractivity contribution in [2.75, 3.05) is 0 Å². The molecular formula is C16H20N2O3. The largest absolute Gasteiger partial charge is 0.374 e. The maximum Gasteiger partial charge on any atom is 0.244 e. The molecule has 5 heteroatoms. The third kappa shape index (κ3) is 2.47. The summed E-state index contributed by atoms with van der Waals surface area (Å²) in [6.45, 7) is 4.81. The van der Waals surface area contributed by atoms with Crippen LogP contribution in [0.25, 0.3) is 0 Å². The molecule has 1 aromatic rings. The summed E-state index contributed by atoms with van der Waals surface area (Å²) in [6, 6.07) is 5.64. The van der Waals surface area contributed by atoms with E-state index in [4.69, 9.17) is 0 Å². The van der Waals surface area contributed by atoms with E-state index in [2.05, 4.69) is 25.2 Å². The van der Waals surface area contributed by atoms with Gasteiger partial charge in [0.15, 0.2) is 0 Å². The van der Waals surface area contributed by atoms with Crippen LogP contribution in [0, 0.1) is 0 Å². The number of hydrogen-bond donors (Lipinski definition) is 2. The average molecular weight is 288 g/mol. The Labute approximate surface area is 123 Å². The number of amides is 2. The van der Waals surface area contributed by atoms with Crippen molar-refractivity contribution in [2.24, 2.45) is 0 Å². The lowest BCUT2D eigenvalue weighted by molar-refractivity contribution is -0.141. The van der Waals surface area contributed by atoms with E-state index in [1.54, 1.807) is 4.90 Å². The van der Waals surface area contributed by atoms with Crippen LogP contribution >= 0.6 is 0 Å². The number of imide groups is 1. The molecule has 2 aliphatic rings. The molecule has 5 nitrogen and oxygen atoms in total. The van der Waals surface area contributed by atoms with Crippen molar-refractivity contribution in [3.8, 4) is 0 Å². The van der Waals surface area contributed by atoms with Gasteiger partial charge in [-0.3, -0.25) is 19.8 Å². The van der Waals surface area contributed by atoms with Gasteiger partial charge in [0.25, 0.3) is 0 Å². The second-order valence-corrected chi connectivity index (χ2v) is 6.13. The van der Waals surface area contributed by atoms with Crippen molar-refractivity contribution >= 4 is 11.8 Å². The highest BCUT2D eigenvalue weighted by atomic mass is 16.3. The minimum atomic E-state index is -0.773. The van der Waals surface area contributed by atoms with E-state index >= 15 is 0 Å². The van der Waals surface area contributed by atoms with E-state index in [0.717, 1.165) is 11.1 Å². The predicted octanol–water partition coefficient (Wildman–Crippen LogP) is 1.42. The van der Waals surface area contributed by atoms with E-state index in [0.29, 0.717) is 25.3 Å². The Morgan fingerprint density at radius 1 is 1.33 bits per heavy atom. The molecule has 0 bridgehead atoms. The number of benzene rings is 1. The predicted molar refractivity (Wildman–Crippen MR) is 77.2 cm³/mol. The van der Waals surface area contributed by atoms with Crippen molar-refractivity contribution in [3.63, 3.8) is 0 Å². The van der Waals surface area contributed by atoms with Gasteiger partial charge >= 0.3 is 0 Å².